The molecule has 1 aromatic heterocycles. The minimum atomic E-state index is -0.736. The second-order valence-corrected chi connectivity index (χ2v) is 8.53. The zero-order valence-corrected chi connectivity index (χ0v) is 18.9. The van der Waals surface area contributed by atoms with Gasteiger partial charge in [0, 0.05) is 10.8 Å². The van der Waals surface area contributed by atoms with Crippen LogP contribution in [-0.4, -0.2) is 0 Å². The largest absolute Gasteiger partial charge is 0.456 e. The lowest BCUT2D eigenvalue weighted by atomic mass is 9.84. The van der Waals surface area contributed by atoms with Gasteiger partial charge in [0.1, 0.15) is 11.2 Å². The predicted molar refractivity (Wildman–Crippen MR) is 157 cm³/mol. The van der Waals surface area contributed by atoms with E-state index in [1.54, 1.807) is 42.5 Å². The van der Waals surface area contributed by atoms with Gasteiger partial charge in [-0.25, -0.2) is 0 Å². The second-order valence-electron chi connectivity index (χ2n) is 8.53. The molecule has 1 heterocycles. The third-order valence-electron chi connectivity index (χ3n) is 6.55. The molecule has 1 heteroatoms. The van der Waals surface area contributed by atoms with Gasteiger partial charge in [0.15, 0.2) is 0 Å². The summed E-state index contributed by atoms with van der Waals surface area (Å²) in [6, 6.07) is 2.12. The lowest BCUT2D eigenvalue weighted by molar-refractivity contribution is 0.669. The number of hydrogen-bond donors (Lipinski definition) is 0. The summed E-state index contributed by atoms with van der Waals surface area (Å²) in [6.45, 7) is 0. The van der Waals surface area contributed by atoms with Gasteiger partial charge in [0.2, 0.25) is 0 Å². The molecule has 172 valence electrons. The highest BCUT2D eigenvalue weighted by molar-refractivity contribution is 6.25. The van der Waals surface area contributed by atoms with E-state index in [-0.39, 0.29) is 32.7 Å². The summed E-state index contributed by atoms with van der Waals surface area (Å²) in [4.78, 5) is 0. The third-order valence-corrected chi connectivity index (χ3v) is 6.55. The Kier molecular flexibility index (Phi) is 2.24. The van der Waals surface area contributed by atoms with E-state index in [1.807, 2.05) is 0 Å². The fourth-order valence-corrected chi connectivity index (χ4v) is 5.03. The van der Waals surface area contributed by atoms with Crippen LogP contribution < -0.4 is 0 Å². The van der Waals surface area contributed by atoms with Crippen LogP contribution >= 0.6 is 0 Å². The summed E-state index contributed by atoms with van der Waals surface area (Å²) in [5.41, 5.74) is 0.387. The van der Waals surface area contributed by atoms with Crippen LogP contribution in [-0.2, 0) is 0 Å². The van der Waals surface area contributed by atoms with E-state index in [1.165, 1.54) is 0 Å². The molecule has 0 saturated heterocycles. The monoisotopic (exact) mass is 485 g/mol. The lowest BCUT2D eigenvalue weighted by Gasteiger charge is -2.18. The molecular weight excluding hydrogens is 448 g/mol. The maximum atomic E-state index is 9.36. The summed E-state index contributed by atoms with van der Waals surface area (Å²) in [5, 5.41) is -0.667. The first kappa shape index (κ1) is 10.6. The number of furan rings is 1. The quantitative estimate of drug-likeness (QED) is 0.222. The molecule has 0 bridgehead atoms. The number of benzene rings is 7. The van der Waals surface area contributed by atoms with E-state index < -0.39 is 107 Å². The Labute approximate surface area is 235 Å². The average molecular weight is 486 g/mol. The molecule has 37 heavy (non-hydrogen) atoms. The van der Waals surface area contributed by atoms with Gasteiger partial charge in [-0.2, -0.15) is 0 Å². The van der Waals surface area contributed by atoms with Crippen LogP contribution in [0.3, 0.4) is 0 Å². The summed E-state index contributed by atoms with van der Waals surface area (Å²) in [5.74, 6) is 0. The highest BCUT2D eigenvalue weighted by Crippen LogP contribution is 2.46. The van der Waals surface area contributed by atoms with Gasteiger partial charge >= 0.3 is 0 Å². The Morgan fingerprint density at radius 3 is 1.86 bits per heavy atom. The molecule has 0 fully saturated rings. The molecule has 0 N–H and O–H groups in total. The Bertz CT molecular complexity index is 2890. The van der Waals surface area contributed by atoms with Crippen molar-refractivity contribution in [3.05, 3.63) is 133 Å². The number of fused-ring (bicyclic) bond motifs is 6. The van der Waals surface area contributed by atoms with Gasteiger partial charge in [0.25, 0.3) is 0 Å². The third kappa shape index (κ3) is 2.98. The maximum absolute atomic E-state index is 9.36. The van der Waals surface area contributed by atoms with E-state index in [2.05, 4.69) is 0 Å². The molecule has 8 rings (SSSR count). The van der Waals surface area contributed by atoms with Gasteiger partial charge in [-0.3, -0.25) is 0 Å². The van der Waals surface area contributed by atoms with Crippen molar-refractivity contribution in [2.45, 2.75) is 0 Å². The summed E-state index contributed by atoms with van der Waals surface area (Å²) in [7, 11) is 0. The van der Waals surface area contributed by atoms with E-state index >= 15 is 0 Å². The topological polar surface area (TPSA) is 13.1 Å². The first-order chi connectivity index (χ1) is 24.6. The van der Waals surface area contributed by atoms with Crippen molar-refractivity contribution in [3.63, 3.8) is 0 Å². The van der Waals surface area contributed by atoms with Crippen LogP contribution in [0.15, 0.2) is 138 Å². The van der Waals surface area contributed by atoms with Crippen molar-refractivity contribution in [3.8, 4) is 22.3 Å². The molecule has 0 unspecified atom stereocenters. The smallest absolute Gasteiger partial charge is 0.136 e. The molecule has 0 amide bonds. The highest BCUT2D eigenvalue weighted by Gasteiger charge is 2.20. The van der Waals surface area contributed by atoms with Crippen LogP contribution in [0.2, 0.25) is 0 Å². The van der Waals surface area contributed by atoms with Crippen LogP contribution in [0.1, 0.15) is 20.6 Å². The van der Waals surface area contributed by atoms with Crippen molar-refractivity contribution in [1.29, 1.82) is 0 Å². The van der Waals surface area contributed by atoms with Crippen molar-refractivity contribution in [1.82, 2.24) is 0 Å². The molecule has 0 saturated carbocycles. The summed E-state index contributed by atoms with van der Waals surface area (Å²) >= 11 is 0. The molecule has 0 aliphatic heterocycles. The Morgan fingerprint density at radius 1 is 0.486 bits per heavy atom. The molecule has 0 radical (unpaired) electrons. The summed E-state index contributed by atoms with van der Waals surface area (Å²) < 4.78 is 139. The van der Waals surface area contributed by atoms with Gasteiger partial charge in [0.05, 0.1) is 20.6 Å². The standard InChI is InChI=1S/C36H22O/c1-2-11-24-22-25(21-20-23(24)10-1)34-26-12-3-5-14-28(26)35(29-15-6-4-13-27(29)34)31-17-9-19-33-36(31)30-16-7-8-18-32(30)37-33/h1-22H/i1D,2D,3D,4D,5D,6D,10D,11D,12D,13D,14D,15D,20D,21D,22D. The first-order valence-electron chi connectivity index (χ1n) is 19.0. The molecule has 0 aliphatic carbocycles. The van der Waals surface area contributed by atoms with Gasteiger partial charge < -0.3 is 4.42 Å². The minimum Gasteiger partial charge on any atom is -0.456 e. The van der Waals surface area contributed by atoms with Crippen LogP contribution in [0, 0.1) is 0 Å². The number of para-hydroxylation sites is 1. The molecule has 1 nitrogen and oxygen atoms in total. The summed E-state index contributed by atoms with van der Waals surface area (Å²) in [6.07, 6.45) is 0. The van der Waals surface area contributed by atoms with Gasteiger partial charge in [-0.05, 0) is 72.7 Å². The Hall–Kier alpha value is -4.88. The zero-order chi connectivity index (χ0) is 37.4. The molecule has 0 atom stereocenters. The fourth-order valence-electron chi connectivity index (χ4n) is 5.03. The molecule has 0 aliphatic rings. The van der Waals surface area contributed by atoms with Crippen molar-refractivity contribution in [2.24, 2.45) is 0 Å². The Morgan fingerprint density at radius 2 is 1.11 bits per heavy atom. The molecular formula is C36H22O. The molecule has 8 aromatic rings. The number of rotatable bonds is 2. The molecule has 7 aromatic carbocycles. The average Bonchev–Trinajstić information content (AvgIpc) is 3.52. The van der Waals surface area contributed by atoms with Gasteiger partial charge in [-0.1, -0.05) is 115 Å². The lowest BCUT2D eigenvalue weighted by Crippen LogP contribution is -1.91. The maximum Gasteiger partial charge on any atom is 0.136 e. The highest BCUT2D eigenvalue weighted by atomic mass is 16.3. The minimum absolute atomic E-state index is 0.0248. The predicted octanol–water partition coefficient (Wildman–Crippen LogP) is 10.4. The van der Waals surface area contributed by atoms with E-state index in [4.69, 9.17) is 16.8 Å². The van der Waals surface area contributed by atoms with E-state index in [0.717, 1.165) is 0 Å². The van der Waals surface area contributed by atoms with Crippen LogP contribution in [0.5, 0.6) is 0 Å². The van der Waals surface area contributed by atoms with Crippen molar-refractivity contribution in [2.75, 3.05) is 0 Å². The van der Waals surface area contributed by atoms with Crippen molar-refractivity contribution < 1.29 is 25.0 Å². The number of hydrogen-bond acceptors (Lipinski definition) is 1. The van der Waals surface area contributed by atoms with Crippen molar-refractivity contribution >= 4 is 54.3 Å². The second kappa shape index (κ2) is 7.81. The fraction of sp³-hybridized carbons (Fsp3) is 0. The zero-order valence-electron chi connectivity index (χ0n) is 33.9. The van der Waals surface area contributed by atoms with Crippen LogP contribution in [0.25, 0.3) is 76.5 Å². The van der Waals surface area contributed by atoms with Gasteiger partial charge in [-0.15, -0.1) is 0 Å². The van der Waals surface area contributed by atoms with E-state index in [9.17, 15) is 8.22 Å². The SMILES string of the molecule is [2H]c1c([2H])c([2H])c2c([2H])c(-c3c4c([2H])c([2H])c([2H])c([2H])c4c(-c4cccc5oc6ccccc6c45)c4c([2H])c([2H])c([2H])c([2H])c34)c([2H])c([2H])c2c1[2H]. The molecule has 0 spiro atoms. The van der Waals surface area contributed by atoms with Crippen LogP contribution in [0.4, 0.5) is 0 Å². The van der Waals surface area contributed by atoms with E-state index in [0.29, 0.717) is 27.5 Å². The Balaban J connectivity index is 1.76. The normalized spacial score (nSPS) is 17.5. The first-order valence-corrected chi connectivity index (χ1v) is 11.5.